The number of hydrogen-bond acceptors (Lipinski definition) is 2. The van der Waals surface area contributed by atoms with E-state index in [0.717, 1.165) is 6.07 Å². The maximum Gasteiger partial charge on any atom is 0.251 e. The summed E-state index contributed by atoms with van der Waals surface area (Å²) in [4.78, 5) is 25.1. The Morgan fingerprint density at radius 3 is 2.88 bits per heavy atom. The maximum absolute atomic E-state index is 13.4. The Bertz CT molecular complexity index is 619. The molecule has 0 aliphatic carbocycles. The topological polar surface area (TPSA) is 62.0 Å². The molecule has 5 heteroatoms. The fourth-order valence-electron chi connectivity index (χ4n) is 1.57. The van der Waals surface area contributed by atoms with E-state index < -0.39 is 17.3 Å². The van der Waals surface area contributed by atoms with Crippen molar-refractivity contribution in [3.63, 3.8) is 0 Å². The number of rotatable bonds is 1. The zero-order chi connectivity index (χ0) is 11.7. The van der Waals surface area contributed by atoms with Gasteiger partial charge in [-0.2, -0.15) is 0 Å². The average molecular weight is 220 g/mol. The van der Waals surface area contributed by atoms with Gasteiger partial charge in [0.15, 0.2) is 0 Å². The summed E-state index contributed by atoms with van der Waals surface area (Å²) in [6.45, 7) is 0. The SMILES string of the molecule is CNC(=O)c1cc(=O)[nH]c2c(F)cccc12. The summed E-state index contributed by atoms with van der Waals surface area (Å²) in [6.07, 6.45) is 0. The number of carbonyl (C=O) groups excluding carboxylic acids is 1. The number of aromatic nitrogens is 1. The Hall–Kier alpha value is -2.17. The predicted octanol–water partition coefficient (Wildman–Crippen LogP) is 1.03. The van der Waals surface area contributed by atoms with Crippen LogP contribution in [0.5, 0.6) is 0 Å². The monoisotopic (exact) mass is 220 g/mol. The zero-order valence-electron chi connectivity index (χ0n) is 8.50. The van der Waals surface area contributed by atoms with Crippen molar-refractivity contribution in [2.75, 3.05) is 7.05 Å². The molecule has 1 aromatic carbocycles. The van der Waals surface area contributed by atoms with Crippen LogP contribution in [0.1, 0.15) is 10.4 Å². The molecule has 1 aromatic heterocycles. The van der Waals surface area contributed by atoms with Crippen molar-refractivity contribution in [1.29, 1.82) is 0 Å². The first-order valence-electron chi connectivity index (χ1n) is 4.67. The Morgan fingerprint density at radius 2 is 2.19 bits per heavy atom. The number of carbonyl (C=O) groups is 1. The smallest absolute Gasteiger partial charge is 0.251 e. The highest BCUT2D eigenvalue weighted by Crippen LogP contribution is 2.17. The minimum absolute atomic E-state index is 0.0496. The molecule has 0 atom stereocenters. The highest BCUT2D eigenvalue weighted by molar-refractivity contribution is 6.05. The number of hydrogen-bond donors (Lipinski definition) is 2. The standard InChI is InChI=1S/C11H9FN2O2/c1-13-11(16)7-5-9(15)14-10-6(7)3-2-4-8(10)12/h2-5H,1H3,(H,13,16)(H,14,15). The van der Waals surface area contributed by atoms with E-state index >= 15 is 0 Å². The molecule has 16 heavy (non-hydrogen) atoms. The molecule has 0 saturated heterocycles. The van der Waals surface area contributed by atoms with Gasteiger partial charge in [-0.05, 0) is 6.07 Å². The number of para-hydroxylation sites is 1. The largest absolute Gasteiger partial charge is 0.355 e. The van der Waals surface area contributed by atoms with Gasteiger partial charge in [0, 0.05) is 18.5 Å². The van der Waals surface area contributed by atoms with Crippen LogP contribution < -0.4 is 10.9 Å². The first-order chi connectivity index (χ1) is 7.63. The molecule has 0 radical (unpaired) electrons. The van der Waals surface area contributed by atoms with Gasteiger partial charge < -0.3 is 10.3 Å². The third-order valence-corrected chi connectivity index (χ3v) is 2.30. The highest BCUT2D eigenvalue weighted by atomic mass is 19.1. The molecule has 82 valence electrons. The maximum atomic E-state index is 13.4. The number of halogens is 1. The fraction of sp³-hybridized carbons (Fsp3) is 0.0909. The van der Waals surface area contributed by atoms with Gasteiger partial charge >= 0.3 is 0 Å². The number of pyridine rings is 1. The van der Waals surface area contributed by atoms with Crippen molar-refractivity contribution in [3.8, 4) is 0 Å². The third-order valence-electron chi connectivity index (χ3n) is 2.30. The lowest BCUT2D eigenvalue weighted by atomic mass is 10.1. The van der Waals surface area contributed by atoms with Gasteiger partial charge in [0.05, 0.1) is 11.1 Å². The molecular weight excluding hydrogens is 211 g/mol. The Balaban J connectivity index is 2.88. The van der Waals surface area contributed by atoms with E-state index in [1.165, 1.54) is 19.2 Å². The van der Waals surface area contributed by atoms with E-state index in [9.17, 15) is 14.0 Å². The predicted molar refractivity (Wildman–Crippen MR) is 57.9 cm³/mol. The quantitative estimate of drug-likeness (QED) is 0.753. The highest BCUT2D eigenvalue weighted by Gasteiger charge is 2.11. The van der Waals surface area contributed by atoms with Crippen molar-refractivity contribution < 1.29 is 9.18 Å². The van der Waals surface area contributed by atoms with Crippen LogP contribution in [0.25, 0.3) is 10.9 Å². The van der Waals surface area contributed by atoms with Crippen LogP contribution in [0.4, 0.5) is 4.39 Å². The summed E-state index contributed by atoms with van der Waals surface area (Å²) in [5.74, 6) is -0.970. The lowest BCUT2D eigenvalue weighted by Crippen LogP contribution is -2.21. The number of nitrogens with one attached hydrogen (secondary N) is 2. The molecule has 0 aliphatic heterocycles. The molecule has 2 N–H and O–H groups in total. The molecule has 1 heterocycles. The summed E-state index contributed by atoms with van der Waals surface area (Å²) < 4.78 is 13.4. The summed E-state index contributed by atoms with van der Waals surface area (Å²) in [5, 5.41) is 2.79. The first kappa shape index (κ1) is 10.4. The molecular formula is C11H9FN2O2. The Labute approximate surface area is 90.1 Å². The summed E-state index contributed by atoms with van der Waals surface area (Å²) in [5.41, 5.74) is -0.287. The van der Waals surface area contributed by atoms with Crippen LogP contribution in [0.3, 0.4) is 0 Å². The van der Waals surface area contributed by atoms with E-state index in [4.69, 9.17) is 0 Å². The molecule has 1 amide bonds. The number of benzene rings is 1. The summed E-state index contributed by atoms with van der Waals surface area (Å²) in [7, 11) is 1.45. The van der Waals surface area contributed by atoms with Crippen molar-refractivity contribution in [2.24, 2.45) is 0 Å². The lowest BCUT2D eigenvalue weighted by Gasteiger charge is -2.05. The van der Waals surface area contributed by atoms with Crippen molar-refractivity contribution >= 4 is 16.8 Å². The van der Waals surface area contributed by atoms with E-state index in [2.05, 4.69) is 10.3 Å². The van der Waals surface area contributed by atoms with E-state index in [0.29, 0.717) is 5.39 Å². The molecule has 2 aromatic rings. The fourth-order valence-corrected chi connectivity index (χ4v) is 1.57. The molecule has 0 spiro atoms. The van der Waals surface area contributed by atoms with Gasteiger partial charge in [0.2, 0.25) is 5.56 Å². The molecule has 0 bridgehead atoms. The van der Waals surface area contributed by atoms with Crippen molar-refractivity contribution in [2.45, 2.75) is 0 Å². The minimum Gasteiger partial charge on any atom is -0.355 e. The number of aromatic amines is 1. The Morgan fingerprint density at radius 1 is 1.44 bits per heavy atom. The second kappa shape index (κ2) is 3.77. The molecule has 0 fully saturated rings. The van der Waals surface area contributed by atoms with Gasteiger partial charge in [0.1, 0.15) is 5.82 Å². The molecule has 2 rings (SSSR count). The molecule has 0 unspecified atom stereocenters. The van der Waals surface area contributed by atoms with Gasteiger partial charge in [-0.15, -0.1) is 0 Å². The second-order valence-corrected chi connectivity index (χ2v) is 3.29. The zero-order valence-corrected chi connectivity index (χ0v) is 8.50. The van der Waals surface area contributed by atoms with Crippen molar-refractivity contribution in [1.82, 2.24) is 10.3 Å². The van der Waals surface area contributed by atoms with Crippen molar-refractivity contribution in [3.05, 3.63) is 46.0 Å². The van der Waals surface area contributed by atoms with Crippen LogP contribution in [0, 0.1) is 5.82 Å². The van der Waals surface area contributed by atoms with Gasteiger partial charge in [-0.25, -0.2) is 4.39 Å². The average Bonchev–Trinajstić information content (AvgIpc) is 2.28. The van der Waals surface area contributed by atoms with Crippen LogP contribution in [0.2, 0.25) is 0 Å². The summed E-state index contributed by atoms with van der Waals surface area (Å²) >= 11 is 0. The lowest BCUT2D eigenvalue weighted by molar-refractivity contribution is 0.0964. The van der Waals surface area contributed by atoms with Crippen LogP contribution in [0.15, 0.2) is 29.1 Å². The van der Waals surface area contributed by atoms with E-state index in [1.807, 2.05) is 0 Å². The number of H-pyrrole nitrogens is 1. The second-order valence-electron chi connectivity index (χ2n) is 3.29. The first-order valence-corrected chi connectivity index (χ1v) is 4.67. The molecule has 4 nitrogen and oxygen atoms in total. The normalized spacial score (nSPS) is 10.4. The van der Waals surface area contributed by atoms with Gasteiger partial charge in [0.25, 0.3) is 5.91 Å². The van der Waals surface area contributed by atoms with Crippen LogP contribution >= 0.6 is 0 Å². The molecule has 0 saturated carbocycles. The van der Waals surface area contributed by atoms with E-state index in [1.54, 1.807) is 6.07 Å². The third kappa shape index (κ3) is 1.56. The van der Waals surface area contributed by atoms with E-state index in [-0.39, 0.29) is 11.1 Å². The Kier molecular flexibility index (Phi) is 2.44. The number of amides is 1. The summed E-state index contributed by atoms with van der Waals surface area (Å²) in [6, 6.07) is 5.45. The van der Waals surface area contributed by atoms with Crippen LogP contribution in [-0.2, 0) is 0 Å². The van der Waals surface area contributed by atoms with Gasteiger partial charge in [-0.1, -0.05) is 12.1 Å². The van der Waals surface area contributed by atoms with Gasteiger partial charge in [-0.3, -0.25) is 9.59 Å². The number of fused-ring (bicyclic) bond motifs is 1. The molecule has 0 aliphatic rings. The van der Waals surface area contributed by atoms with Crippen LogP contribution in [-0.4, -0.2) is 17.9 Å². The minimum atomic E-state index is -0.555.